The Morgan fingerprint density at radius 3 is 2.27 bits per heavy atom. The molecule has 4 nitrogen and oxygen atoms in total. The molecule has 1 aromatic carbocycles. The minimum absolute atomic E-state index is 0.294. The molecule has 3 rings (SSSR count). The van der Waals surface area contributed by atoms with Crippen molar-refractivity contribution in [2.75, 3.05) is 14.2 Å². The first-order valence-corrected chi connectivity index (χ1v) is 7.48. The fourth-order valence-corrected chi connectivity index (χ4v) is 3.96. The molecule has 2 aliphatic rings. The lowest BCUT2D eigenvalue weighted by Gasteiger charge is -2.45. The number of nitrogens with one attached hydrogen (secondary N) is 1. The molecule has 22 heavy (non-hydrogen) atoms. The Hall–Kier alpha value is -1.69. The lowest BCUT2D eigenvalue weighted by atomic mass is 9.77. The number of halogens is 2. The van der Waals surface area contributed by atoms with Crippen LogP contribution in [0.4, 0.5) is 13.6 Å². The van der Waals surface area contributed by atoms with Gasteiger partial charge < -0.3 is 15.0 Å². The molecule has 0 aliphatic carbocycles. The number of hydrogen-bond donors (Lipinski definition) is 1. The molecular formula is C16H20F2N2O2. The van der Waals surface area contributed by atoms with Crippen LogP contribution in [0.5, 0.6) is 0 Å². The van der Waals surface area contributed by atoms with Crippen molar-refractivity contribution >= 4 is 6.09 Å². The summed E-state index contributed by atoms with van der Waals surface area (Å²) in [4.78, 5) is 14.1. The first-order valence-electron chi connectivity index (χ1n) is 7.48. The summed E-state index contributed by atoms with van der Waals surface area (Å²) in [6.45, 7) is 0. The third-order valence-corrected chi connectivity index (χ3v) is 5.10. The summed E-state index contributed by atoms with van der Waals surface area (Å²) in [5.41, 5.74) is -0.311. The molecule has 2 atom stereocenters. The quantitative estimate of drug-likeness (QED) is 0.913. The zero-order chi connectivity index (χ0) is 15.9. The van der Waals surface area contributed by atoms with E-state index in [1.54, 1.807) is 0 Å². The van der Waals surface area contributed by atoms with E-state index in [0.717, 1.165) is 18.9 Å². The summed E-state index contributed by atoms with van der Waals surface area (Å²) in [5.74, 6) is -1.26. The molecule has 0 saturated carbocycles. The van der Waals surface area contributed by atoms with Gasteiger partial charge in [0.2, 0.25) is 0 Å². The molecule has 0 radical (unpaired) electrons. The van der Waals surface area contributed by atoms with E-state index >= 15 is 0 Å². The Kier molecular flexibility index (Phi) is 3.80. The molecule has 0 spiro atoms. The number of benzene rings is 1. The molecule has 120 valence electrons. The molecule has 2 bridgehead atoms. The van der Waals surface area contributed by atoms with E-state index in [0.29, 0.717) is 30.5 Å². The van der Waals surface area contributed by atoms with E-state index < -0.39 is 23.3 Å². The van der Waals surface area contributed by atoms with Crippen molar-refractivity contribution in [3.8, 4) is 0 Å². The van der Waals surface area contributed by atoms with Gasteiger partial charge in [0.1, 0.15) is 11.6 Å². The van der Waals surface area contributed by atoms with Crippen LogP contribution in [0.2, 0.25) is 0 Å². The molecule has 0 aromatic heterocycles. The minimum Gasteiger partial charge on any atom is -0.453 e. The number of amides is 1. The van der Waals surface area contributed by atoms with Crippen molar-refractivity contribution in [3.05, 3.63) is 35.4 Å². The molecule has 2 aliphatic heterocycles. The van der Waals surface area contributed by atoms with Crippen LogP contribution < -0.4 is 5.32 Å². The second-order valence-electron chi connectivity index (χ2n) is 6.32. The second-order valence-corrected chi connectivity index (χ2v) is 6.32. The first kappa shape index (κ1) is 15.2. The SMILES string of the molecule is COC(=O)NC1(c2cc(F)cc(F)c2)CC2CCC(C1)N2C. The number of fused-ring (bicyclic) bond motifs is 2. The maximum absolute atomic E-state index is 13.7. The van der Waals surface area contributed by atoms with Gasteiger partial charge in [-0.15, -0.1) is 0 Å². The van der Waals surface area contributed by atoms with Gasteiger partial charge in [-0.2, -0.15) is 0 Å². The van der Waals surface area contributed by atoms with Gasteiger partial charge in [0.25, 0.3) is 0 Å². The Morgan fingerprint density at radius 1 is 1.23 bits per heavy atom. The van der Waals surface area contributed by atoms with Crippen molar-refractivity contribution in [1.29, 1.82) is 0 Å². The topological polar surface area (TPSA) is 41.6 Å². The molecule has 2 heterocycles. The van der Waals surface area contributed by atoms with Gasteiger partial charge in [0.15, 0.2) is 0 Å². The van der Waals surface area contributed by atoms with Crippen molar-refractivity contribution in [3.63, 3.8) is 0 Å². The molecule has 2 unspecified atom stereocenters. The maximum atomic E-state index is 13.7. The Morgan fingerprint density at radius 2 is 1.77 bits per heavy atom. The van der Waals surface area contributed by atoms with E-state index in [-0.39, 0.29) is 0 Å². The highest BCUT2D eigenvalue weighted by Gasteiger charge is 2.49. The van der Waals surface area contributed by atoms with Gasteiger partial charge in [0.05, 0.1) is 12.6 Å². The molecule has 2 saturated heterocycles. The third-order valence-electron chi connectivity index (χ3n) is 5.10. The van der Waals surface area contributed by atoms with Crippen LogP contribution in [0.1, 0.15) is 31.2 Å². The Labute approximate surface area is 128 Å². The third kappa shape index (κ3) is 2.56. The van der Waals surface area contributed by atoms with Crippen molar-refractivity contribution in [1.82, 2.24) is 10.2 Å². The van der Waals surface area contributed by atoms with Gasteiger partial charge >= 0.3 is 6.09 Å². The number of piperidine rings is 1. The fraction of sp³-hybridized carbons (Fsp3) is 0.562. The number of hydrogen-bond acceptors (Lipinski definition) is 3. The summed E-state index contributed by atoms with van der Waals surface area (Å²) >= 11 is 0. The molecule has 1 amide bonds. The molecule has 6 heteroatoms. The normalized spacial score (nSPS) is 31.1. The van der Waals surface area contributed by atoms with Gasteiger partial charge in [-0.1, -0.05) is 0 Å². The van der Waals surface area contributed by atoms with Crippen LogP contribution in [0.3, 0.4) is 0 Å². The van der Waals surface area contributed by atoms with Crippen LogP contribution in [-0.2, 0) is 10.3 Å². The van der Waals surface area contributed by atoms with Crippen molar-refractivity contribution in [2.45, 2.75) is 43.3 Å². The highest BCUT2D eigenvalue weighted by molar-refractivity contribution is 5.68. The van der Waals surface area contributed by atoms with Gasteiger partial charge in [0, 0.05) is 18.2 Å². The summed E-state index contributed by atoms with van der Waals surface area (Å²) in [7, 11) is 3.36. The predicted molar refractivity (Wildman–Crippen MR) is 77.4 cm³/mol. The summed E-state index contributed by atoms with van der Waals surface area (Å²) in [5, 5.41) is 2.85. The lowest BCUT2D eigenvalue weighted by molar-refractivity contribution is 0.0807. The molecular weight excluding hydrogens is 290 g/mol. The molecule has 1 N–H and O–H groups in total. The smallest absolute Gasteiger partial charge is 0.407 e. The largest absolute Gasteiger partial charge is 0.453 e. The number of carbonyl (C=O) groups excluding carboxylic acids is 1. The average Bonchev–Trinajstić information content (AvgIpc) is 2.69. The minimum atomic E-state index is -0.783. The van der Waals surface area contributed by atoms with E-state index in [4.69, 9.17) is 4.74 Å². The number of carbonyl (C=O) groups is 1. The molecule has 1 aromatic rings. The number of nitrogens with zero attached hydrogens (tertiary/aromatic N) is 1. The van der Waals surface area contributed by atoms with Crippen LogP contribution in [0.15, 0.2) is 18.2 Å². The van der Waals surface area contributed by atoms with Crippen molar-refractivity contribution < 1.29 is 18.3 Å². The monoisotopic (exact) mass is 310 g/mol. The van der Waals surface area contributed by atoms with E-state index in [1.807, 2.05) is 0 Å². The average molecular weight is 310 g/mol. The van der Waals surface area contributed by atoms with Gasteiger partial charge in [-0.05, 0) is 50.4 Å². The molecule has 2 fully saturated rings. The summed E-state index contributed by atoms with van der Waals surface area (Å²) in [6.07, 6.45) is 2.73. The number of alkyl carbamates (subject to hydrolysis) is 1. The second kappa shape index (κ2) is 5.50. The number of rotatable bonds is 2. The van der Waals surface area contributed by atoms with Crippen LogP contribution in [0, 0.1) is 11.6 Å². The highest BCUT2D eigenvalue weighted by atomic mass is 19.1. The van der Waals surface area contributed by atoms with Crippen LogP contribution in [0.25, 0.3) is 0 Å². The number of methoxy groups -OCH3 is 1. The highest BCUT2D eigenvalue weighted by Crippen LogP contribution is 2.45. The van der Waals surface area contributed by atoms with Gasteiger partial charge in [-0.25, -0.2) is 13.6 Å². The predicted octanol–water partition coefficient (Wildman–Crippen LogP) is 2.77. The van der Waals surface area contributed by atoms with Crippen LogP contribution in [-0.4, -0.2) is 37.2 Å². The van der Waals surface area contributed by atoms with Gasteiger partial charge in [-0.3, -0.25) is 0 Å². The van der Waals surface area contributed by atoms with E-state index in [9.17, 15) is 13.6 Å². The Balaban J connectivity index is 2.02. The van der Waals surface area contributed by atoms with E-state index in [2.05, 4.69) is 17.3 Å². The fourth-order valence-electron chi connectivity index (χ4n) is 3.96. The summed E-state index contributed by atoms with van der Waals surface area (Å²) < 4.78 is 32.1. The maximum Gasteiger partial charge on any atom is 0.407 e. The first-order chi connectivity index (χ1) is 10.4. The van der Waals surface area contributed by atoms with E-state index in [1.165, 1.54) is 19.2 Å². The number of ether oxygens (including phenoxy) is 1. The van der Waals surface area contributed by atoms with Crippen LogP contribution >= 0.6 is 0 Å². The lowest BCUT2D eigenvalue weighted by Crippen LogP contribution is -2.56. The van der Waals surface area contributed by atoms with Crippen molar-refractivity contribution in [2.24, 2.45) is 0 Å². The Bertz CT molecular complexity index is 559. The summed E-state index contributed by atoms with van der Waals surface area (Å²) in [6, 6.07) is 4.05. The standard InChI is InChI=1S/C16H20F2N2O2/c1-20-13-3-4-14(20)9-16(8-13,19-15(21)22-2)10-5-11(17)7-12(18)6-10/h5-7,13-14H,3-4,8-9H2,1-2H3,(H,19,21). The zero-order valence-electron chi connectivity index (χ0n) is 12.7. The zero-order valence-corrected chi connectivity index (χ0v) is 12.7.